The molecule has 1 atom stereocenters. The molecule has 1 aliphatic heterocycles. The Hall–Kier alpha value is -3.30. The average molecular weight is 508 g/mol. The normalized spacial score (nSPS) is 17.2. The molecule has 1 aliphatic carbocycles. The van der Waals surface area contributed by atoms with Gasteiger partial charge in [0, 0.05) is 49.7 Å². The van der Waals surface area contributed by atoms with Crippen molar-refractivity contribution < 1.29 is 9.53 Å². The number of nitrogens with one attached hydrogen (secondary N) is 2. The molecule has 4 rings (SSSR count). The van der Waals surface area contributed by atoms with Crippen LogP contribution >= 0.6 is 0 Å². The standard InChI is InChI=1S/C28H41N7O2/c29-26(16-21-6-8-22(9-7-21)34-28(30)31)27(36)33-23-17-24(35-13-11-32-12-14-35)19-25(18-23)37-15-10-20-4-2-1-3-5-20/h6-9,17-20,26,32H,1-5,10-16,29H2,(H,33,36)(H4,30,31,34)/t26-/m0/s1. The smallest absolute Gasteiger partial charge is 0.241 e. The fourth-order valence-corrected chi connectivity index (χ4v) is 5.10. The Morgan fingerprint density at radius 3 is 2.51 bits per heavy atom. The number of carbonyl (C=O) groups is 1. The number of hydrogen-bond acceptors (Lipinski definition) is 6. The summed E-state index contributed by atoms with van der Waals surface area (Å²) in [5, 5.41) is 6.41. The van der Waals surface area contributed by atoms with Gasteiger partial charge in [0.05, 0.1) is 18.3 Å². The van der Waals surface area contributed by atoms with Crippen LogP contribution in [0.3, 0.4) is 0 Å². The second-order valence-corrected chi connectivity index (χ2v) is 10.1. The number of guanidine groups is 1. The molecule has 1 heterocycles. The van der Waals surface area contributed by atoms with Gasteiger partial charge in [0.25, 0.3) is 0 Å². The first-order chi connectivity index (χ1) is 18.0. The fraction of sp³-hybridized carbons (Fsp3) is 0.500. The molecule has 0 bridgehead atoms. The van der Waals surface area contributed by atoms with Crippen LogP contribution in [0.1, 0.15) is 44.1 Å². The molecule has 200 valence electrons. The van der Waals surface area contributed by atoms with Gasteiger partial charge < -0.3 is 37.5 Å². The topological polar surface area (TPSA) is 144 Å². The highest BCUT2D eigenvalue weighted by molar-refractivity contribution is 5.95. The summed E-state index contributed by atoms with van der Waals surface area (Å²) in [6.45, 7) is 4.38. The number of nitrogens with two attached hydrogens (primary N) is 3. The summed E-state index contributed by atoms with van der Waals surface area (Å²) in [5.74, 6) is 1.31. The first-order valence-corrected chi connectivity index (χ1v) is 13.4. The lowest BCUT2D eigenvalue weighted by Crippen LogP contribution is -2.43. The predicted octanol–water partition coefficient (Wildman–Crippen LogP) is 2.86. The van der Waals surface area contributed by atoms with E-state index in [4.69, 9.17) is 21.9 Å². The van der Waals surface area contributed by atoms with Crippen LogP contribution in [0.25, 0.3) is 0 Å². The van der Waals surface area contributed by atoms with Crippen molar-refractivity contribution in [1.29, 1.82) is 0 Å². The summed E-state index contributed by atoms with van der Waals surface area (Å²) in [5.41, 5.74) is 20.5. The Morgan fingerprint density at radius 1 is 1.08 bits per heavy atom. The lowest BCUT2D eigenvalue weighted by molar-refractivity contribution is -0.117. The van der Waals surface area contributed by atoms with Crippen LogP contribution in [0.4, 0.5) is 17.1 Å². The Labute approximate surface area is 219 Å². The highest BCUT2D eigenvalue weighted by Gasteiger charge is 2.18. The third kappa shape index (κ3) is 8.36. The number of hydrogen-bond donors (Lipinski definition) is 5. The van der Waals surface area contributed by atoms with E-state index in [2.05, 4.69) is 26.6 Å². The van der Waals surface area contributed by atoms with E-state index in [1.54, 1.807) is 12.1 Å². The number of anilines is 2. The van der Waals surface area contributed by atoms with Crippen LogP contribution < -0.4 is 37.5 Å². The minimum atomic E-state index is -0.701. The first kappa shape index (κ1) is 26.8. The van der Waals surface area contributed by atoms with Gasteiger partial charge in [-0.3, -0.25) is 4.79 Å². The van der Waals surface area contributed by atoms with Gasteiger partial charge in [0.15, 0.2) is 5.96 Å². The SMILES string of the molecule is NC(N)=Nc1ccc(C[C@H](N)C(=O)Nc2cc(OCCC3CCCCC3)cc(N3CCNCC3)c2)cc1. The first-order valence-electron chi connectivity index (χ1n) is 13.4. The molecule has 0 unspecified atom stereocenters. The van der Waals surface area contributed by atoms with Crippen LogP contribution in [0.2, 0.25) is 0 Å². The molecule has 2 aromatic carbocycles. The molecule has 9 heteroatoms. The maximum Gasteiger partial charge on any atom is 0.241 e. The van der Waals surface area contributed by atoms with Gasteiger partial charge in [-0.25, -0.2) is 4.99 Å². The number of aliphatic imine (C=N–C) groups is 1. The zero-order valence-corrected chi connectivity index (χ0v) is 21.6. The quantitative estimate of drug-likeness (QED) is 0.246. The van der Waals surface area contributed by atoms with Crippen molar-refractivity contribution in [3.63, 3.8) is 0 Å². The lowest BCUT2D eigenvalue weighted by atomic mass is 9.87. The maximum absolute atomic E-state index is 13.0. The minimum absolute atomic E-state index is 0.00390. The van der Waals surface area contributed by atoms with Crippen molar-refractivity contribution in [2.75, 3.05) is 43.0 Å². The number of nitrogens with zero attached hydrogens (tertiary/aromatic N) is 2. The van der Waals surface area contributed by atoms with E-state index >= 15 is 0 Å². The molecule has 1 saturated heterocycles. The number of carbonyl (C=O) groups excluding carboxylic acids is 1. The molecular formula is C28H41N7O2. The van der Waals surface area contributed by atoms with E-state index in [0.29, 0.717) is 24.4 Å². The minimum Gasteiger partial charge on any atom is -0.493 e. The van der Waals surface area contributed by atoms with E-state index in [1.165, 1.54) is 32.1 Å². The molecule has 0 spiro atoms. The van der Waals surface area contributed by atoms with Gasteiger partial charge in [0.2, 0.25) is 5.91 Å². The predicted molar refractivity (Wildman–Crippen MR) is 150 cm³/mol. The Kier molecular flexibility index (Phi) is 9.62. The summed E-state index contributed by atoms with van der Waals surface area (Å²) >= 11 is 0. The van der Waals surface area contributed by atoms with Crippen molar-refractivity contribution in [2.24, 2.45) is 28.1 Å². The highest BCUT2D eigenvalue weighted by Crippen LogP contribution is 2.30. The third-order valence-electron chi connectivity index (χ3n) is 7.15. The van der Waals surface area contributed by atoms with Crippen LogP contribution in [0.5, 0.6) is 5.75 Å². The molecule has 2 aromatic rings. The number of amides is 1. The highest BCUT2D eigenvalue weighted by atomic mass is 16.5. The number of ether oxygens (including phenoxy) is 1. The largest absolute Gasteiger partial charge is 0.493 e. The van der Waals surface area contributed by atoms with Crippen LogP contribution in [0.15, 0.2) is 47.5 Å². The molecule has 37 heavy (non-hydrogen) atoms. The summed E-state index contributed by atoms with van der Waals surface area (Å²) in [6, 6.07) is 12.6. The molecule has 2 aliphatic rings. The zero-order chi connectivity index (χ0) is 26.0. The number of rotatable bonds is 10. The number of benzene rings is 2. The molecule has 1 amide bonds. The summed E-state index contributed by atoms with van der Waals surface area (Å²) < 4.78 is 6.20. The van der Waals surface area contributed by atoms with Gasteiger partial charge in [-0.15, -0.1) is 0 Å². The van der Waals surface area contributed by atoms with Gasteiger partial charge in [-0.1, -0.05) is 44.2 Å². The molecule has 9 nitrogen and oxygen atoms in total. The zero-order valence-electron chi connectivity index (χ0n) is 21.6. The van der Waals surface area contributed by atoms with Crippen LogP contribution in [-0.4, -0.2) is 50.7 Å². The molecular weight excluding hydrogens is 466 g/mol. The fourth-order valence-electron chi connectivity index (χ4n) is 5.10. The second kappa shape index (κ2) is 13.3. The van der Waals surface area contributed by atoms with Crippen molar-refractivity contribution in [2.45, 2.75) is 51.0 Å². The van der Waals surface area contributed by atoms with Crippen molar-refractivity contribution in [1.82, 2.24) is 5.32 Å². The molecule has 8 N–H and O–H groups in total. The van der Waals surface area contributed by atoms with E-state index in [0.717, 1.165) is 55.5 Å². The average Bonchev–Trinajstić information content (AvgIpc) is 2.90. The number of piperazine rings is 1. The van der Waals surface area contributed by atoms with E-state index in [-0.39, 0.29) is 11.9 Å². The summed E-state index contributed by atoms with van der Waals surface area (Å²) in [4.78, 5) is 19.3. The van der Waals surface area contributed by atoms with E-state index in [9.17, 15) is 4.79 Å². The maximum atomic E-state index is 13.0. The molecule has 2 fully saturated rings. The molecule has 0 radical (unpaired) electrons. The summed E-state index contributed by atoms with van der Waals surface area (Å²) in [7, 11) is 0. The second-order valence-electron chi connectivity index (χ2n) is 10.1. The van der Waals surface area contributed by atoms with Crippen LogP contribution in [0, 0.1) is 5.92 Å². The summed E-state index contributed by atoms with van der Waals surface area (Å²) in [6.07, 6.45) is 8.11. The Balaban J connectivity index is 1.40. The van der Waals surface area contributed by atoms with E-state index in [1.807, 2.05) is 24.3 Å². The Bertz CT molecular complexity index is 1040. The lowest BCUT2D eigenvalue weighted by Gasteiger charge is -2.30. The van der Waals surface area contributed by atoms with Gasteiger partial charge >= 0.3 is 0 Å². The van der Waals surface area contributed by atoms with Gasteiger partial charge in [-0.05, 0) is 42.5 Å². The van der Waals surface area contributed by atoms with Crippen LogP contribution in [-0.2, 0) is 11.2 Å². The monoisotopic (exact) mass is 507 g/mol. The van der Waals surface area contributed by atoms with Gasteiger partial charge in [0.1, 0.15) is 5.75 Å². The van der Waals surface area contributed by atoms with Crippen molar-refractivity contribution in [3.05, 3.63) is 48.0 Å². The molecule has 0 aromatic heterocycles. The van der Waals surface area contributed by atoms with Gasteiger partial charge in [-0.2, -0.15) is 0 Å². The van der Waals surface area contributed by atoms with Crippen molar-refractivity contribution >= 4 is 28.9 Å². The Morgan fingerprint density at radius 2 is 1.81 bits per heavy atom. The third-order valence-corrected chi connectivity index (χ3v) is 7.15. The van der Waals surface area contributed by atoms with Crippen molar-refractivity contribution in [3.8, 4) is 5.75 Å². The molecule has 1 saturated carbocycles. The van der Waals surface area contributed by atoms with E-state index < -0.39 is 6.04 Å².